The molecule has 0 saturated heterocycles. The van der Waals surface area contributed by atoms with E-state index >= 15 is 0 Å². The minimum Gasteiger partial charge on any atom is -0.663 e. The smallest absolute Gasteiger partial charge is 0.0832 e. The van der Waals surface area contributed by atoms with Crippen LogP contribution in [0.15, 0.2) is 0 Å². The SMILES string of the molecule is C[N-]CC(O)[C@@H](O)[C@@H](C)C(O)CO.[CH3-].[Y]. The van der Waals surface area contributed by atoms with E-state index < -0.39 is 30.8 Å². The molecule has 6 heteroatoms. The van der Waals surface area contributed by atoms with Gasteiger partial charge in [0.25, 0.3) is 0 Å². The first-order valence-corrected chi connectivity index (χ1v) is 4.25. The number of aliphatic hydroxyl groups is 4. The molecule has 91 valence electrons. The summed E-state index contributed by atoms with van der Waals surface area (Å²) in [6.07, 6.45) is -3.06. The van der Waals surface area contributed by atoms with E-state index in [0.29, 0.717) is 0 Å². The van der Waals surface area contributed by atoms with E-state index in [9.17, 15) is 10.2 Å². The Hall–Kier alpha value is 0.904. The summed E-state index contributed by atoms with van der Waals surface area (Å²) in [5, 5.41) is 40.2. The number of aliphatic hydroxyl groups excluding tert-OH is 4. The monoisotopic (exact) mass is 296 g/mol. The molecule has 0 spiro atoms. The molecule has 0 saturated carbocycles. The zero-order valence-corrected chi connectivity index (χ0v) is 12.4. The van der Waals surface area contributed by atoms with E-state index in [-0.39, 0.29) is 46.7 Å². The molecule has 0 amide bonds. The molecule has 1 radical (unpaired) electrons. The Bertz CT molecular complexity index is 139. The average molecular weight is 296 g/mol. The van der Waals surface area contributed by atoms with Crippen molar-refractivity contribution < 1.29 is 53.1 Å². The van der Waals surface area contributed by atoms with Crippen LogP contribution in [0.2, 0.25) is 0 Å². The van der Waals surface area contributed by atoms with Gasteiger partial charge in [-0.3, -0.25) is 0 Å². The molecular formula is C9H21NO4Y-2. The molecule has 4 N–H and O–H groups in total. The summed E-state index contributed by atoms with van der Waals surface area (Å²) in [6, 6.07) is 0. The summed E-state index contributed by atoms with van der Waals surface area (Å²) in [4.78, 5) is 0. The Kier molecular flexibility index (Phi) is 16.1. The van der Waals surface area contributed by atoms with Crippen LogP contribution < -0.4 is 0 Å². The summed E-state index contributed by atoms with van der Waals surface area (Å²) in [5.41, 5.74) is 0. The Morgan fingerprint density at radius 2 is 1.60 bits per heavy atom. The van der Waals surface area contributed by atoms with Crippen molar-refractivity contribution in [1.29, 1.82) is 0 Å². The van der Waals surface area contributed by atoms with Crippen LogP contribution in [0.4, 0.5) is 0 Å². The van der Waals surface area contributed by atoms with Crippen LogP contribution in [0.25, 0.3) is 5.32 Å². The van der Waals surface area contributed by atoms with Crippen LogP contribution in [0, 0.1) is 13.3 Å². The van der Waals surface area contributed by atoms with Crippen molar-refractivity contribution >= 4 is 0 Å². The zero-order valence-electron chi connectivity index (χ0n) is 9.54. The number of rotatable bonds is 6. The topological polar surface area (TPSA) is 95.0 Å². The molecule has 0 aromatic rings. The van der Waals surface area contributed by atoms with Gasteiger partial charge in [-0.25, -0.2) is 0 Å². The van der Waals surface area contributed by atoms with Gasteiger partial charge in [-0.2, -0.15) is 7.05 Å². The molecule has 15 heavy (non-hydrogen) atoms. The Morgan fingerprint density at radius 3 is 1.93 bits per heavy atom. The summed E-state index contributed by atoms with van der Waals surface area (Å²) in [7, 11) is 1.53. The van der Waals surface area contributed by atoms with E-state index in [2.05, 4.69) is 5.32 Å². The molecule has 0 rings (SSSR count). The van der Waals surface area contributed by atoms with Crippen molar-refractivity contribution in [3.63, 3.8) is 0 Å². The Morgan fingerprint density at radius 1 is 1.13 bits per heavy atom. The maximum atomic E-state index is 9.44. The molecule has 0 aromatic heterocycles. The summed E-state index contributed by atoms with van der Waals surface area (Å²) >= 11 is 0. The van der Waals surface area contributed by atoms with Crippen molar-refractivity contribution in [2.75, 3.05) is 20.2 Å². The molecule has 0 aromatic carbocycles. The first-order valence-electron chi connectivity index (χ1n) is 4.25. The van der Waals surface area contributed by atoms with Gasteiger partial charge in [0.2, 0.25) is 0 Å². The summed E-state index contributed by atoms with van der Waals surface area (Å²) in [5.74, 6) is -0.568. The van der Waals surface area contributed by atoms with E-state index in [1.807, 2.05) is 0 Å². The van der Waals surface area contributed by atoms with Gasteiger partial charge in [0, 0.05) is 38.6 Å². The van der Waals surface area contributed by atoms with Crippen LogP contribution in [-0.4, -0.2) is 58.9 Å². The van der Waals surface area contributed by atoms with E-state index in [1.165, 1.54) is 7.05 Å². The molecule has 0 bridgehead atoms. The molecule has 0 aliphatic heterocycles. The van der Waals surface area contributed by atoms with Crippen molar-refractivity contribution in [3.05, 3.63) is 12.7 Å². The first kappa shape index (κ1) is 21.2. The molecule has 0 fully saturated rings. The normalized spacial score (nSPS) is 18.0. The van der Waals surface area contributed by atoms with Crippen LogP contribution in [0.5, 0.6) is 0 Å². The van der Waals surface area contributed by atoms with Crippen LogP contribution >= 0.6 is 0 Å². The average Bonchev–Trinajstić information content (AvgIpc) is 2.14. The molecule has 2 unspecified atom stereocenters. The van der Waals surface area contributed by atoms with Gasteiger partial charge in [0.1, 0.15) is 0 Å². The number of hydrogen-bond donors (Lipinski definition) is 4. The van der Waals surface area contributed by atoms with Crippen molar-refractivity contribution in [3.8, 4) is 0 Å². The molecule has 5 nitrogen and oxygen atoms in total. The van der Waals surface area contributed by atoms with Gasteiger partial charge >= 0.3 is 0 Å². The predicted molar refractivity (Wildman–Crippen MR) is 54.8 cm³/mol. The molecule has 0 heterocycles. The molecular weight excluding hydrogens is 275 g/mol. The van der Waals surface area contributed by atoms with Crippen molar-refractivity contribution in [2.45, 2.75) is 25.2 Å². The zero-order chi connectivity index (χ0) is 10.4. The van der Waals surface area contributed by atoms with Gasteiger partial charge in [-0.05, 0) is 0 Å². The largest absolute Gasteiger partial charge is 0.663 e. The summed E-state index contributed by atoms with van der Waals surface area (Å²) in [6.45, 7) is 1.27. The third kappa shape index (κ3) is 7.74. The predicted octanol–water partition coefficient (Wildman–Crippen LogP) is -0.851. The first-order chi connectivity index (χ1) is 6.04. The Balaban J connectivity index is -0.000000720. The number of nitrogens with zero attached hydrogens (tertiary/aromatic N) is 1. The van der Waals surface area contributed by atoms with Gasteiger partial charge in [0.05, 0.1) is 24.9 Å². The minimum atomic E-state index is -1.06. The molecule has 4 atom stereocenters. The van der Waals surface area contributed by atoms with Gasteiger partial charge < -0.3 is 33.2 Å². The van der Waals surface area contributed by atoms with Gasteiger partial charge in [0.15, 0.2) is 0 Å². The van der Waals surface area contributed by atoms with Crippen molar-refractivity contribution in [2.24, 2.45) is 5.92 Å². The van der Waals surface area contributed by atoms with Gasteiger partial charge in [-0.1, -0.05) is 6.92 Å². The number of likely N-dealkylation sites (N-methyl/N-ethyl adjacent to an activating group) is 1. The Labute approximate surface area is 117 Å². The number of hydrogen-bond acceptors (Lipinski definition) is 4. The third-order valence-electron chi connectivity index (χ3n) is 2.10. The van der Waals surface area contributed by atoms with Crippen LogP contribution in [0.3, 0.4) is 0 Å². The standard InChI is InChI=1S/C8H18NO4.CH3.Y/c1-5(7(12)4-10)8(13)6(11)3-9-2;;/h5-8,10-13H,3-4H2,1-2H3;1H3;/q2*-1;/t5-,6?,7?,8-;;/m0../s1. The second-order valence-electron chi connectivity index (χ2n) is 3.17. The van der Waals surface area contributed by atoms with Gasteiger partial charge in [-0.15, -0.1) is 6.54 Å². The molecule has 0 aliphatic carbocycles. The fourth-order valence-electron chi connectivity index (χ4n) is 1.04. The van der Waals surface area contributed by atoms with Crippen LogP contribution in [-0.2, 0) is 32.7 Å². The molecule has 0 aliphatic rings. The van der Waals surface area contributed by atoms with E-state index in [1.54, 1.807) is 6.92 Å². The van der Waals surface area contributed by atoms with E-state index in [4.69, 9.17) is 10.2 Å². The quantitative estimate of drug-likeness (QED) is 0.480. The fourth-order valence-corrected chi connectivity index (χ4v) is 1.04. The second-order valence-corrected chi connectivity index (χ2v) is 3.17. The second kappa shape index (κ2) is 11.4. The fraction of sp³-hybridized carbons (Fsp3) is 0.889. The van der Waals surface area contributed by atoms with Crippen LogP contribution in [0.1, 0.15) is 6.92 Å². The minimum absolute atomic E-state index is 0. The van der Waals surface area contributed by atoms with E-state index in [0.717, 1.165) is 0 Å². The third-order valence-corrected chi connectivity index (χ3v) is 2.10. The summed E-state index contributed by atoms with van der Waals surface area (Å²) < 4.78 is 0. The maximum Gasteiger partial charge on any atom is 0.0832 e. The van der Waals surface area contributed by atoms with Crippen molar-refractivity contribution in [1.82, 2.24) is 0 Å². The maximum absolute atomic E-state index is 9.44.